The van der Waals surface area contributed by atoms with E-state index in [-0.39, 0.29) is 22.9 Å². The lowest BCUT2D eigenvalue weighted by molar-refractivity contribution is -0.138. The van der Waals surface area contributed by atoms with E-state index >= 15 is 0 Å². The number of rotatable bonds is 11. The Labute approximate surface area is 184 Å². The monoisotopic (exact) mass is 437 g/mol. The van der Waals surface area contributed by atoms with Crippen LogP contribution in [0.4, 0.5) is 0 Å². The molecule has 5 nitrogen and oxygen atoms in total. The van der Waals surface area contributed by atoms with E-state index in [0.717, 1.165) is 12.0 Å². The number of amides is 1. The lowest BCUT2D eigenvalue weighted by Crippen LogP contribution is -2.42. The first kappa shape index (κ1) is 26.8. The van der Waals surface area contributed by atoms with Gasteiger partial charge in [-0.2, -0.15) is 0 Å². The molecule has 4 atom stereocenters. The van der Waals surface area contributed by atoms with Crippen LogP contribution in [0.25, 0.3) is 0 Å². The van der Waals surface area contributed by atoms with Gasteiger partial charge in [-0.25, -0.2) is 0 Å². The predicted octanol–water partition coefficient (Wildman–Crippen LogP) is 4.76. The number of nitrogens with zero attached hydrogens (tertiary/aromatic N) is 1. The van der Waals surface area contributed by atoms with Crippen molar-refractivity contribution in [3.05, 3.63) is 35.9 Å². The number of aliphatic hydroxyl groups is 2. The van der Waals surface area contributed by atoms with E-state index in [1.807, 2.05) is 44.2 Å². The highest BCUT2D eigenvalue weighted by Crippen LogP contribution is 2.36. The van der Waals surface area contributed by atoms with E-state index in [0.29, 0.717) is 19.4 Å². The zero-order valence-electron chi connectivity index (χ0n) is 20.2. The molecule has 1 aromatic carbocycles. The van der Waals surface area contributed by atoms with Gasteiger partial charge in [-0.1, -0.05) is 58.0 Å². The molecule has 2 N–H and O–H groups in total. The maximum absolute atomic E-state index is 12.8. The molecule has 0 aliphatic heterocycles. The third kappa shape index (κ3) is 7.80. The summed E-state index contributed by atoms with van der Waals surface area (Å²) in [5.41, 5.74) is 0.791. The summed E-state index contributed by atoms with van der Waals surface area (Å²) < 4.78 is 6.16. The molecule has 1 amide bonds. The molecule has 0 heterocycles. The molecule has 0 aliphatic carbocycles. The minimum absolute atomic E-state index is 0.0611. The maximum Gasteiger partial charge on any atom is 0.225 e. The van der Waals surface area contributed by atoms with E-state index in [4.69, 9.17) is 4.43 Å². The van der Waals surface area contributed by atoms with Crippen LogP contribution in [0.2, 0.25) is 18.1 Å². The Morgan fingerprint density at radius 1 is 1.13 bits per heavy atom. The Hall–Kier alpha value is -1.21. The Morgan fingerprint density at radius 2 is 1.70 bits per heavy atom. The molecule has 0 spiro atoms. The average Bonchev–Trinajstić information content (AvgIpc) is 2.68. The first-order chi connectivity index (χ1) is 13.8. The number of hydrogen-bond donors (Lipinski definition) is 2. The molecule has 0 bridgehead atoms. The molecule has 0 unspecified atom stereocenters. The van der Waals surface area contributed by atoms with Gasteiger partial charge in [-0.05, 0) is 49.9 Å². The van der Waals surface area contributed by atoms with Crippen molar-refractivity contribution >= 4 is 14.2 Å². The zero-order chi connectivity index (χ0) is 23.1. The Bertz CT molecular complexity index is 644. The van der Waals surface area contributed by atoms with Crippen molar-refractivity contribution in [2.45, 2.75) is 90.3 Å². The largest absolute Gasteiger partial charge is 0.417 e. The van der Waals surface area contributed by atoms with Crippen LogP contribution in [0.15, 0.2) is 30.3 Å². The molecule has 0 fully saturated rings. The van der Waals surface area contributed by atoms with Crippen molar-refractivity contribution in [1.82, 2.24) is 4.90 Å². The van der Waals surface area contributed by atoms with Crippen molar-refractivity contribution in [2.24, 2.45) is 5.92 Å². The highest BCUT2D eigenvalue weighted by atomic mass is 28.4. The molecule has 30 heavy (non-hydrogen) atoms. The number of carbonyl (C=O) groups excluding carboxylic acids is 1. The lowest BCUT2D eigenvalue weighted by Gasteiger charge is -2.36. The normalized spacial score (nSPS) is 16.6. The van der Waals surface area contributed by atoms with E-state index in [2.05, 4.69) is 33.9 Å². The maximum atomic E-state index is 12.8. The van der Waals surface area contributed by atoms with Crippen LogP contribution in [0.1, 0.15) is 65.5 Å². The highest BCUT2D eigenvalue weighted by molar-refractivity contribution is 6.74. The van der Waals surface area contributed by atoms with Crippen LogP contribution < -0.4 is 0 Å². The number of hydrogen-bond acceptors (Lipinski definition) is 4. The SMILES string of the molecule is C[C@H](C[C@H](O)CCCO[Si](C)(C)C(C)(C)C)C(=O)N(C)[C@H](C)[C@H](O)c1ccccc1. The summed E-state index contributed by atoms with van der Waals surface area (Å²) in [6.45, 7) is 15.4. The first-order valence-electron chi connectivity index (χ1n) is 11.1. The Kier molecular flexibility index (Phi) is 10.2. The highest BCUT2D eigenvalue weighted by Gasteiger charge is 2.37. The topological polar surface area (TPSA) is 70.0 Å². The summed E-state index contributed by atoms with van der Waals surface area (Å²) in [5, 5.41) is 21.2. The van der Waals surface area contributed by atoms with Gasteiger partial charge in [0.25, 0.3) is 0 Å². The van der Waals surface area contributed by atoms with Gasteiger partial charge in [0.2, 0.25) is 5.91 Å². The molecular weight excluding hydrogens is 394 g/mol. The van der Waals surface area contributed by atoms with Gasteiger partial charge >= 0.3 is 0 Å². The van der Waals surface area contributed by atoms with Crippen LogP contribution in [0, 0.1) is 5.92 Å². The number of carbonyl (C=O) groups is 1. The van der Waals surface area contributed by atoms with E-state index in [1.54, 1.807) is 11.9 Å². The molecule has 0 saturated carbocycles. The fraction of sp³-hybridized carbons (Fsp3) is 0.708. The minimum Gasteiger partial charge on any atom is -0.417 e. The quantitative estimate of drug-likeness (QED) is 0.387. The third-order valence-corrected chi connectivity index (χ3v) is 11.1. The standard InChI is InChI=1S/C24H43NO4Si/c1-18(17-21(26)15-12-16-29-30(7,8)24(3,4)5)23(28)25(6)19(2)22(27)20-13-10-9-11-14-20/h9-11,13-14,18-19,21-22,26-27H,12,15-17H2,1-8H3/t18-,19-,21-,22+/m1/s1. The second-order valence-electron chi connectivity index (χ2n) is 10.1. The molecule has 0 saturated heterocycles. The number of aliphatic hydroxyl groups excluding tert-OH is 2. The smallest absolute Gasteiger partial charge is 0.225 e. The third-order valence-electron chi connectivity index (χ3n) is 6.55. The van der Waals surface area contributed by atoms with Crippen LogP contribution in [-0.4, -0.2) is 55.1 Å². The fourth-order valence-electron chi connectivity index (χ4n) is 3.18. The molecule has 1 rings (SSSR count). The van der Waals surface area contributed by atoms with Gasteiger partial charge in [0.1, 0.15) is 0 Å². The van der Waals surface area contributed by atoms with Gasteiger partial charge in [0.15, 0.2) is 8.32 Å². The summed E-state index contributed by atoms with van der Waals surface area (Å²) >= 11 is 0. The second-order valence-corrected chi connectivity index (χ2v) is 14.9. The lowest BCUT2D eigenvalue weighted by atomic mass is 9.97. The summed E-state index contributed by atoms with van der Waals surface area (Å²) in [5.74, 6) is -0.370. The predicted molar refractivity (Wildman–Crippen MR) is 126 cm³/mol. The first-order valence-corrected chi connectivity index (χ1v) is 14.0. The second kappa shape index (κ2) is 11.4. The van der Waals surface area contributed by atoms with Crippen molar-refractivity contribution in [1.29, 1.82) is 0 Å². The van der Waals surface area contributed by atoms with Crippen molar-refractivity contribution in [3.63, 3.8) is 0 Å². The number of likely N-dealkylation sites (N-methyl/N-ethyl adjacent to an activating group) is 1. The van der Waals surface area contributed by atoms with E-state index < -0.39 is 20.5 Å². The molecule has 1 aromatic rings. The van der Waals surface area contributed by atoms with Gasteiger partial charge in [0, 0.05) is 19.6 Å². The molecule has 172 valence electrons. The van der Waals surface area contributed by atoms with Gasteiger partial charge in [-0.3, -0.25) is 4.79 Å². The Balaban J connectivity index is 2.47. The van der Waals surface area contributed by atoms with Gasteiger partial charge < -0.3 is 19.5 Å². The molecule has 0 aliphatic rings. The van der Waals surface area contributed by atoms with Gasteiger partial charge in [-0.15, -0.1) is 0 Å². The summed E-state index contributed by atoms with van der Waals surface area (Å²) in [7, 11) is -0.0419. The minimum atomic E-state index is -1.76. The summed E-state index contributed by atoms with van der Waals surface area (Å²) in [6.07, 6.45) is 0.544. The van der Waals surface area contributed by atoms with Crippen LogP contribution in [-0.2, 0) is 9.22 Å². The zero-order valence-corrected chi connectivity index (χ0v) is 21.2. The molecule has 0 radical (unpaired) electrons. The number of benzene rings is 1. The summed E-state index contributed by atoms with van der Waals surface area (Å²) in [4.78, 5) is 14.4. The van der Waals surface area contributed by atoms with Crippen molar-refractivity contribution < 1.29 is 19.4 Å². The molecule has 6 heteroatoms. The van der Waals surface area contributed by atoms with Crippen LogP contribution in [0.3, 0.4) is 0 Å². The van der Waals surface area contributed by atoms with Crippen molar-refractivity contribution in [2.75, 3.05) is 13.7 Å². The van der Waals surface area contributed by atoms with Crippen LogP contribution in [0.5, 0.6) is 0 Å². The van der Waals surface area contributed by atoms with E-state index in [9.17, 15) is 15.0 Å². The van der Waals surface area contributed by atoms with Crippen molar-refractivity contribution in [3.8, 4) is 0 Å². The van der Waals surface area contributed by atoms with E-state index in [1.165, 1.54) is 0 Å². The summed E-state index contributed by atoms with van der Waals surface area (Å²) in [6, 6.07) is 9.02. The van der Waals surface area contributed by atoms with Crippen LogP contribution >= 0.6 is 0 Å². The van der Waals surface area contributed by atoms with Gasteiger partial charge in [0.05, 0.1) is 18.2 Å². The fourth-order valence-corrected chi connectivity index (χ4v) is 4.27. The average molecular weight is 438 g/mol. The Morgan fingerprint density at radius 3 is 2.23 bits per heavy atom. The molecular formula is C24H43NO4Si. The molecule has 0 aromatic heterocycles.